The van der Waals surface area contributed by atoms with Crippen molar-refractivity contribution in [2.45, 2.75) is 4.34 Å². The number of urea groups is 1. The molecule has 5 nitrogen and oxygen atoms in total. The van der Waals surface area contributed by atoms with Gasteiger partial charge in [0.25, 0.3) is 0 Å². The van der Waals surface area contributed by atoms with Gasteiger partial charge in [-0.2, -0.15) is 0 Å². The van der Waals surface area contributed by atoms with E-state index in [1.54, 1.807) is 12.1 Å². The SMILES string of the molecule is NC(=O)NC(=O)CSc1nc2cc(Cl)ccc2s1. The number of thioether (sulfide) groups is 1. The van der Waals surface area contributed by atoms with Crippen LogP contribution >= 0.6 is 34.7 Å². The van der Waals surface area contributed by atoms with Gasteiger partial charge in [-0.05, 0) is 18.2 Å². The Hall–Kier alpha value is -1.31. The fourth-order valence-corrected chi connectivity index (χ4v) is 3.26. The number of primary amides is 1. The molecule has 0 atom stereocenters. The van der Waals surface area contributed by atoms with Crippen molar-refractivity contribution < 1.29 is 9.59 Å². The molecule has 2 rings (SSSR count). The van der Waals surface area contributed by atoms with Gasteiger partial charge in [0.2, 0.25) is 5.91 Å². The summed E-state index contributed by atoms with van der Waals surface area (Å²) < 4.78 is 1.74. The van der Waals surface area contributed by atoms with E-state index in [9.17, 15) is 9.59 Å². The van der Waals surface area contributed by atoms with Crippen LogP contribution in [-0.4, -0.2) is 22.7 Å². The van der Waals surface area contributed by atoms with Crippen LogP contribution in [0.3, 0.4) is 0 Å². The summed E-state index contributed by atoms with van der Waals surface area (Å²) in [5, 5.41) is 2.61. The number of nitrogens with two attached hydrogens (primary N) is 1. The van der Waals surface area contributed by atoms with Crippen molar-refractivity contribution >= 4 is 56.9 Å². The predicted molar refractivity (Wildman–Crippen MR) is 73.1 cm³/mol. The third-order valence-corrected chi connectivity index (χ3v) is 4.33. The van der Waals surface area contributed by atoms with Gasteiger partial charge in [0.1, 0.15) is 0 Å². The number of nitrogens with one attached hydrogen (secondary N) is 1. The molecule has 2 aromatic rings. The molecule has 0 bridgehead atoms. The van der Waals surface area contributed by atoms with Crippen molar-refractivity contribution in [3.05, 3.63) is 23.2 Å². The normalized spacial score (nSPS) is 10.5. The second kappa shape index (κ2) is 5.55. The fourth-order valence-electron chi connectivity index (χ4n) is 1.24. The minimum absolute atomic E-state index is 0.0937. The summed E-state index contributed by atoms with van der Waals surface area (Å²) in [6.45, 7) is 0. The maximum Gasteiger partial charge on any atom is 0.318 e. The Labute approximate surface area is 116 Å². The first-order chi connectivity index (χ1) is 8.54. The maximum absolute atomic E-state index is 11.2. The molecule has 0 aliphatic rings. The average Bonchev–Trinajstić information content (AvgIpc) is 2.67. The van der Waals surface area contributed by atoms with Crippen LogP contribution in [-0.2, 0) is 4.79 Å². The highest BCUT2D eigenvalue weighted by Gasteiger charge is 2.09. The van der Waals surface area contributed by atoms with E-state index in [4.69, 9.17) is 17.3 Å². The third-order valence-electron chi connectivity index (χ3n) is 1.92. The minimum atomic E-state index is -0.850. The van der Waals surface area contributed by atoms with Crippen molar-refractivity contribution in [2.24, 2.45) is 5.73 Å². The van der Waals surface area contributed by atoms with Crippen molar-refractivity contribution in [3.63, 3.8) is 0 Å². The first kappa shape index (κ1) is 13.1. The molecule has 8 heteroatoms. The number of benzene rings is 1. The highest BCUT2D eigenvalue weighted by atomic mass is 35.5. The molecule has 94 valence electrons. The second-order valence-corrected chi connectivity index (χ2v) is 5.98. The van der Waals surface area contributed by atoms with Gasteiger partial charge in [-0.25, -0.2) is 9.78 Å². The van der Waals surface area contributed by atoms with Crippen LogP contribution < -0.4 is 11.1 Å². The molecule has 0 saturated carbocycles. The molecule has 0 radical (unpaired) electrons. The Bertz CT molecular complexity index is 614. The van der Waals surface area contributed by atoms with Crippen LogP contribution in [0, 0.1) is 0 Å². The molecule has 0 spiro atoms. The van der Waals surface area contributed by atoms with Crippen LogP contribution in [0.4, 0.5) is 4.79 Å². The fraction of sp³-hybridized carbons (Fsp3) is 0.100. The molecule has 1 aromatic carbocycles. The molecule has 3 N–H and O–H groups in total. The molecule has 1 aromatic heterocycles. The van der Waals surface area contributed by atoms with Gasteiger partial charge < -0.3 is 5.73 Å². The number of thiazole rings is 1. The maximum atomic E-state index is 11.2. The molecule has 0 saturated heterocycles. The smallest absolute Gasteiger partial charge is 0.318 e. The Kier molecular flexibility index (Phi) is 4.05. The van der Waals surface area contributed by atoms with Gasteiger partial charge in [0.15, 0.2) is 4.34 Å². The first-order valence-electron chi connectivity index (χ1n) is 4.83. The molecule has 0 fully saturated rings. The summed E-state index contributed by atoms with van der Waals surface area (Å²) in [6.07, 6.45) is 0. The summed E-state index contributed by atoms with van der Waals surface area (Å²) in [4.78, 5) is 26.0. The largest absolute Gasteiger partial charge is 0.351 e. The number of nitrogens with zero attached hydrogens (tertiary/aromatic N) is 1. The monoisotopic (exact) mass is 301 g/mol. The number of hydrogen-bond donors (Lipinski definition) is 2. The Morgan fingerprint density at radius 1 is 1.50 bits per heavy atom. The van der Waals surface area contributed by atoms with Crippen LogP contribution in [0.1, 0.15) is 0 Å². The van der Waals surface area contributed by atoms with Crippen molar-refractivity contribution in [2.75, 3.05) is 5.75 Å². The number of imide groups is 1. The van der Waals surface area contributed by atoms with E-state index in [0.29, 0.717) is 5.02 Å². The van der Waals surface area contributed by atoms with Crippen LogP contribution in [0.2, 0.25) is 5.02 Å². The number of hydrogen-bond acceptors (Lipinski definition) is 5. The first-order valence-corrected chi connectivity index (χ1v) is 7.01. The Morgan fingerprint density at radius 3 is 3.00 bits per heavy atom. The number of fused-ring (bicyclic) bond motifs is 1. The zero-order valence-corrected chi connectivity index (χ0v) is 11.4. The molecule has 3 amide bonds. The zero-order chi connectivity index (χ0) is 13.1. The zero-order valence-electron chi connectivity index (χ0n) is 8.97. The van der Waals surface area contributed by atoms with Crippen LogP contribution in [0.5, 0.6) is 0 Å². The van der Waals surface area contributed by atoms with Crippen molar-refractivity contribution in [1.29, 1.82) is 0 Å². The van der Waals surface area contributed by atoms with Gasteiger partial charge in [-0.1, -0.05) is 23.4 Å². The van der Waals surface area contributed by atoms with Crippen LogP contribution in [0.15, 0.2) is 22.5 Å². The lowest BCUT2D eigenvalue weighted by atomic mass is 10.3. The summed E-state index contributed by atoms with van der Waals surface area (Å²) >= 11 is 8.57. The second-order valence-electron chi connectivity index (χ2n) is 3.29. The average molecular weight is 302 g/mol. The number of carbonyl (C=O) groups is 2. The number of rotatable bonds is 3. The summed E-state index contributed by atoms with van der Waals surface area (Å²) in [7, 11) is 0. The highest BCUT2D eigenvalue weighted by Crippen LogP contribution is 2.30. The molecular weight excluding hydrogens is 294 g/mol. The van der Waals surface area contributed by atoms with Gasteiger partial charge >= 0.3 is 6.03 Å². The van der Waals surface area contributed by atoms with Gasteiger partial charge in [0.05, 0.1) is 16.0 Å². The number of halogens is 1. The molecule has 18 heavy (non-hydrogen) atoms. The molecule has 0 unspecified atom stereocenters. The van der Waals surface area contributed by atoms with E-state index in [1.807, 2.05) is 11.4 Å². The lowest BCUT2D eigenvalue weighted by molar-refractivity contribution is -0.117. The van der Waals surface area contributed by atoms with E-state index < -0.39 is 11.9 Å². The third kappa shape index (κ3) is 3.34. The molecule has 0 aliphatic carbocycles. The predicted octanol–water partition coefficient (Wildman–Crippen LogP) is 2.24. The minimum Gasteiger partial charge on any atom is -0.351 e. The molecule has 0 aliphatic heterocycles. The van der Waals surface area contributed by atoms with Gasteiger partial charge in [0, 0.05) is 5.02 Å². The standard InChI is InChI=1S/C10H8ClN3O2S2/c11-5-1-2-7-6(3-5)13-10(18-7)17-4-8(15)14-9(12)16/h1-3H,4H2,(H3,12,14,15,16). The summed E-state index contributed by atoms with van der Waals surface area (Å²) in [5.74, 6) is -0.346. The van der Waals surface area contributed by atoms with Crippen LogP contribution in [0.25, 0.3) is 10.2 Å². The molecule has 1 heterocycles. The summed E-state index contributed by atoms with van der Waals surface area (Å²) in [5.41, 5.74) is 5.63. The van der Waals surface area contributed by atoms with E-state index in [2.05, 4.69) is 4.98 Å². The highest BCUT2D eigenvalue weighted by molar-refractivity contribution is 8.01. The number of aromatic nitrogens is 1. The Balaban J connectivity index is 2.04. The van der Waals surface area contributed by atoms with E-state index in [-0.39, 0.29) is 5.75 Å². The quantitative estimate of drug-likeness (QED) is 0.851. The molecular formula is C10H8ClN3O2S2. The van der Waals surface area contributed by atoms with E-state index in [1.165, 1.54) is 23.1 Å². The van der Waals surface area contributed by atoms with Crippen molar-refractivity contribution in [3.8, 4) is 0 Å². The lowest BCUT2D eigenvalue weighted by Gasteiger charge is -1.97. The number of amides is 3. The van der Waals surface area contributed by atoms with Gasteiger partial charge in [-0.15, -0.1) is 11.3 Å². The Morgan fingerprint density at radius 2 is 2.28 bits per heavy atom. The number of carbonyl (C=O) groups excluding carboxylic acids is 2. The van der Waals surface area contributed by atoms with E-state index in [0.717, 1.165) is 14.6 Å². The van der Waals surface area contributed by atoms with Gasteiger partial charge in [-0.3, -0.25) is 10.1 Å². The topological polar surface area (TPSA) is 85.1 Å². The summed E-state index contributed by atoms with van der Waals surface area (Å²) in [6, 6.07) is 4.58. The lowest BCUT2D eigenvalue weighted by Crippen LogP contribution is -2.36. The van der Waals surface area contributed by atoms with Crippen molar-refractivity contribution in [1.82, 2.24) is 10.3 Å². The van der Waals surface area contributed by atoms with E-state index >= 15 is 0 Å².